The second-order valence-electron chi connectivity index (χ2n) is 3.96. The standard InChI is InChI=1S/C12H15ClO3/c1-8(14)11-6-9(13)2-3-12(11)16-10-4-5-15-7-10/h2-3,6,8,10,14H,4-5,7H2,1H3/t8-,10?/m0/s1. The summed E-state index contributed by atoms with van der Waals surface area (Å²) in [6, 6.07) is 5.29. The molecule has 0 radical (unpaired) electrons. The Morgan fingerprint density at radius 1 is 1.56 bits per heavy atom. The third-order valence-corrected chi connectivity index (χ3v) is 2.84. The number of aliphatic hydroxyl groups excluding tert-OH is 1. The summed E-state index contributed by atoms with van der Waals surface area (Å²) in [6.45, 7) is 3.05. The predicted octanol–water partition coefficient (Wildman–Crippen LogP) is 2.56. The van der Waals surface area contributed by atoms with Crippen molar-refractivity contribution in [1.82, 2.24) is 0 Å². The fourth-order valence-electron chi connectivity index (χ4n) is 1.74. The van der Waals surface area contributed by atoms with Gasteiger partial charge in [0.05, 0.1) is 19.3 Å². The molecule has 0 aliphatic carbocycles. The molecule has 1 N–H and O–H groups in total. The summed E-state index contributed by atoms with van der Waals surface area (Å²) < 4.78 is 11.0. The zero-order valence-corrected chi connectivity index (χ0v) is 9.91. The molecule has 0 amide bonds. The topological polar surface area (TPSA) is 38.7 Å². The SMILES string of the molecule is C[C@H](O)c1cc(Cl)ccc1OC1CCOC1. The van der Waals surface area contributed by atoms with Gasteiger partial charge in [0, 0.05) is 17.0 Å². The molecule has 0 spiro atoms. The normalized spacial score (nSPS) is 22.1. The number of halogens is 1. The zero-order chi connectivity index (χ0) is 11.5. The van der Waals surface area contributed by atoms with Crippen LogP contribution in [0.25, 0.3) is 0 Å². The Bertz CT molecular complexity index is 359. The summed E-state index contributed by atoms with van der Waals surface area (Å²) in [5.41, 5.74) is 0.722. The molecule has 2 atom stereocenters. The molecule has 1 aromatic rings. The van der Waals surface area contributed by atoms with E-state index in [1.807, 2.05) is 0 Å². The van der Waals surface area contributed by atoms with Gasteiger partial charge in [0.15, 0.2) is 0 Å². The molecule has 1 heterocycles. The molecular formula is C12H15ClO3. The minimum atomic E-state index is -0.587. The highest BCUT2D eigenvalue weighted by Gasteiger charge is 2.19. The largest absolute Gasteiger partial charge is 0.488 e. The van der Waals surface area contributed by atoms with Crippen molar-refractivity contribution in [1.29, 1.82) is 0 Å². The van der Waals surface area contributed by atoms with Crippen molar-refractivity contribution in [2.75, 3.05) is 13.2 Å². The van der Waals surface area contributed by atoms with Gasteiger partial charge in [0.2, 0.25) is 0 Å². The van der Waals surface area contributed by atoms with Crippen LogP contribution in [0.5, 0.6) is 5.75 Å². The molecule has 1 unspecified atom stereocenters. The average Bonchev–Trinajstić information content (AvgIpc) is 2.73. The molecule has 0 aromatic heterocycles. The summed E-state index contributed by atoms with van der Waals surface area (Å²) in [5, 5.41) is 10.2. The maximum absolute atomic E-state index is 9.63. The van der Waals surface area contributed by atoms with Crippen LogP contribution in [0.4, 0.5) is 0 Å². The monoisotopic (exact) mass is 242 g/mol. The van der Waals surface area contributed by atoms with Gasteiger partial charge in [-0.1, -0.05) is 11.6 Å². The van der Waals surface area contributed by atoms with Crippen LogP contribution >= 0.6 is 11.6 Å². The lowest BCUT2D eigenvalue weighted by Crippen LogP contribution is -2.17. The van der Waals surface area contributed by atoms with Gasteiger partial charge in [-0.15, -0.1) is 0 Å². The Balaban J connectivity index is 2.18. The Kier molecular flexibility index (Phi) is 3.69. The van der Waals surface area contributed by atoms with Gasteiger partial charge in [0.25, 0.3) is 0 Å². The molecule has 16 heavy (non-hydrogen) atoms. The molecule has 0 bridgehead atoms. The first-order valence-electron chi connectivity index (χ1n) is 5.38. The minimum absolute atomic E-state index is 0.0821. The summed E-state index contributed by atoms with van der Waals surface area (Å²) in [7, 11) is 0. The van der Waals surface area contributed by atoms with E-state index in [0.717, 1.165) is 18.6 Å². The van der Waals surface area contributed by atoms with Crippen molar-refractivity contribution >= 4 is 11.6 Å². The molecule has 4 heteroatoms. The Hall–Kier alpha value is -0.770. The number of ether oxygens (including phenoxy) is 2. The number of aliphatic hydroxyl groups is 1. The molecule has 1 aromatic carbocycles. The third kappa shape index (κ3) is 2.67. The molecule has 0 saturated carbocycles. The number of rotatable bonds is 3. The molecule has 2 rings (SSSR count). The van der Waals surface area contributed by atoms with Crippen molar-refractivity contribution in [3.05, 3.63) is 28.8 Å². The van der Waals surface area contributed by atoms with Crippen LogP contribution in [-0.2, 0) is 4.74 Å². The summed E-state index contributed by atoms with van der Waals surface area (Å²) in [6.07, 6.45) is 0.386. The van der Waals surface area contributed by atoms with Crippen molar-refractivity contribution in [2.24, 2.45) is 0 Å². The second kappa shape index (κ2) is 5.04. The number of hydrogen-bond acceptors (Lipinski definition) is 3. The van der Waals surface area contributed by atoms with Gasteiger partial charge in [-0.25, -0.2) is 0 Å². The van der Waals surface area contributed by atoms with Gasteiger partial charge in [-0.2, -0.15) is 0 Å². The van der Waals surface area contributed by atoms with Crippen molar-refractivity contribution in [3.8, 4) is 5.75 Å². The summed E-state index contributed by atoms with van der Waals surface area (Å²) in [4.78, 5) is 0. The lowest BCUT2D eigenvalue weighted by molar-refractivity contribution is 0.135. The van der Waals surface area contributed by atoms with E-state index in [-0.39, 0.29) is 6.10 Å². The fourth-order valence-corrected chi connectivity index (χ4v) is 1.92. The molecule has 3 nitrogen and oxygen atoms in total. The van der Waals surface area contributed by atoms with Crippen LogP contribution in [0.2, 0.25) is 5.02 Å². The highest BCUT2D eigenvalue weighted by molar-refractivity contribution is 6.30. The minimum Gasteiger partial charge on any atom is -0.488 e. The summed E-state index contributed by atoms with van der Waals surface area (Å²) in [5.74, 6) is 0.690. The highest BCUT2D eigenvalue weighted by atomic mass is 35.5. The fraction of sp³-hybridized carbons (Fsp3) is 0.500. The smallest absolute Gasteiger partial charge is 0.125 e. The predicted molar refractivity (Wildman–Crippen MR) is 61.9 cm³/mol. The van der Waals surface area contributed by atoms with Crippen LogP contribution in [0.1, 0.15) is 25.0 Å². The molecule has 1 aliphatic rings. The van der Waals surface area contributed by atoms with E-state index in [4.69, 9.17) is 21.1 Å². The lowest BCUT2D eigenvalue weighted by atomic mass is 10.1. The van der Waals surface area contributed by atoms with Crippen LogP contribution in [0, 0.1) is 0 Å². The van der Waals surface area contributed by atoms with E-state index >= 15 is 0 Å². The van der Waals surface area contributed by atoms with Crippen LogP contribution < -0.4 is 4.74 Å². The first-order valence-corrected chi connectivity index (χ1v) is 5.76. The highest BCUT2D eigenvalue weighted by Crippen LogP contribution is 2.29. The van der Waals surface area contributed by atoms with Crippen molar-refractivity contribution in [3.63, 3.8) is 0 Å². The molecule has 1 aliphatic heterocycles. The van der Waals surface area contributed by atoms with Gasteiger partial charge in [-0.05, 0) is 25.1 Å². The van der Waals surface area contributed by atoms with Crippen LogP contribution in [-0.4, -0.2) is 24.4 Å². The third-order valence-electron chi connectivity index (χ3n) is 2.60. The molecule has 88 valence electrons. The van der Waals surface area contributed by atoms with E-state index in [1.54, 1.807) is 25.1 Å². The first kappa shape index (κ1) is 11.7. The van der Waals surface area contributed by atoms with Crippen molar-refractivity contribution < 1.29 is 14.6 Å². The van der Waals surface area contributed by atoms with Gasteiger partial charge >= 0.3 is 0 Å². The van der Waals surface area contributed by atoms with Crippen LogP contribution in [0.3, 0.4) is 0 Å². The number of hydrogen-bond donors (Lipinski definition) is 1. The maximum atomic E-state index is 9.63. The van der Waals surface area contributed by atoms with E-state index in [0.29, 0.717) is 17.4 Å². The molecular weight excluding hydrogens is 228 g/mol. The van der Waals surface area contributed by atoms with E-state index < -0.39 is 6.10 Å². The van der Waals surface area contributed by atoms with E-state index in [2.05, 4.69) is 0 Å². The van der Waals surface area contributed by atoms with Gasteiger partial charge in [0.1, 0.15) is 11.9 Å². The summed E-state index contributed by atoms with van der Waals surface area (Å²) >= 11 is 5.89. The lowest BCUT2D eigenvalue weighted by Gasteiger charge is -2.17. The Morgan fingerprint density at radius 3 is 3.00 bits per heavy atom. The van der Waals surface area contributed by atoms with Gasteiger partial charge in [-0.3, -0.25) is 0 Å². The maximum Gasteiger partial charge on any atom is 0.125 e. The Morgan fingerprint density at radius 2 is 2.38 bits per heavy atom. The van der Waals surface area contributed by atoms with Crippen LogP contribution in [0.15, 0.2) is 18.2 Å². The van der Waals surface area contributed by atoms with E-state index in [9.17, 15) is 5.11 Å². The average molecular weight is 243 g/mol. The molecule has 1 saturated heterocycles. The number of benzene rings is 1. The Labute approximate surface area is 99.9 Å². The van der Waals surface area contributed by atoms with Gasteiger partial charge < -0.3 is 14.6 Å². The van der Waals surface area contributed by atoms with Crippen molar-refractivity contribution in [2.45, 2.75) is 25.6 Å². The zero-order valence-electron chi connectivity index (χ0n) is 9.15. The first-order chi connectivity index (χ1) is 7.66. The molecule has 1 fully saturated rings. The van der Waals surface area contributed by atoms with E-state index in [1.165, 1.54) is 0 Å². The second-order valence-corrected chi connectivity index (χ2v) is 4.40. The quantitative estimate of drug-likeness (QED) is 0.886.